The topological polar surface area (TPSA) is 30.5 Å². The lowest BCUT2D eigenvalue weighted by Crippen LogP contribution is -2.54. The van der Waals surface area contributed by atoms with Crippen molar-refractivity contribution < 1.29 is 8.85 Å². The highest BCUT2D eigenvalue weighted by atomic mass is 28.4. The van der Waals surface area contributed by atoms with Crippen LogP contribution in [-0.2, 0) is 8.85 Å². The lowest BCUT2D eigenvalue weighted by molar-refractivity contribution is 0.163. The Bertz CT molecular complexity index is 98.4. The van der Waals surface area contributed by atoms with E-state index >= 15 is 0 Å². The average Bonchev–Trinajstić information content (AvgIpc) is 1.89. The van der Waals surface area contributed by atoms with Gasteiger partial charge in [-0.3, -0.25) is 0 Å². The molecule has 4 heteroatoms. The van der Waals surface area contributed by atoms with Crippen molar-refractivity contribution in [2.24, 2.45) is 0 Å². The first-order valence-corrected chi connectivity index (χ1v) is 6.28. The fourth-order valence-corrected chi connectivity index (χ4v) is 3.17. The third-order valence-corrected chi connectivity index (χ3v) is 4.19. The fraction of sp³-hybridized carbons (Fsp3) is 1.00. The molecule has 0 aliphatic carbocycles. The standard InChI is InChI=1S/C6H15NO2Si/c1-3-8-10(2)6-7-4-5-9-10/h7H,3-6H2,1-2H3. The highest BCUT2D eigenvalue weighted by Crippen LogP contribution is 2.07. The highest BCUT2D eigenvalue weighted by Gasteiger charge is 2.32. The molecule has 1 unspecified atom stereocenters. The van der Waals surface area contributed by atoms with Crippen molar-refractivity contribution in [2.45, 2.75) is 13.5 Å². The second-order valence-electron chi connectivity index (χ2n) is 2.59. The molecule has 60 valence electrons. The third-order valence-electron chi connectivity index (χ3n) is 1.58. The summed E-state index contributed by atoms with van der Waals surface area (Å²) in [6, 6.07) is 0. The molecule has 10 heavy (non-hydrogen) atoms. The van der Waals surface area contributed by atoms with Gasteiger partial charge in [-0.25, -0.2) is 0 Å². The van der Waals surface area contributed by atoms with E-state index in [1.165, 1.54) is 0 Å². The molecule has 0 amide bonds. The molecule has 1 atom stereocenters. The van der Waals surface area contributed by atoms with Gasteiger partial charge < -0.3 is 14.2 Å². The summed E-state index contributed by atoms with van der Waals surface area (Å²) < 4.78 is 11.1. The van der Waals surface area contributed by atoms with Crippen LogP contribution in [-0.4, -0.2) is 34.5 Å². The average molecular weight is 161 g/mol. The molecule has 1 aliphatic heterocycles. The Kier molecular flexibility index (Phi) is 2.85. The van der Waals surface area contributed by atoms with Crippen molar-refractivity contribution in [3.05, 3.63) is 0 Å². The predicted molar refractivity (Wildman–Crippen MR) is 42.1 cm³/mol. The summed E-state index contributed by atoms with van der Waals surface area (Å²) in [6.45, 7) is 6.65. The molecule has 0 aromatic carbocycles. The van der Waals surface area contributed by atoms with Crippen LogP contribution >= 0.6 is 0 Å². The molecule has 0 bridgehead atoms. The highest BCUT2D eigenvalue weighted by molar-refractivity contribution is 6.66. The Labute approximate surface area is 63.0 Å². The molecular formula is C6H15NO2Si. The summed E-state index contributed by atoms with van der Waals surface area (Å²) in [7, 11) is -1.75. The maximum absolute atomic E-state index is 5.56. The molecule has 0 radical (unpaired) electrons. The number of rotatable bonds is 2. The lowest BCUT2D eigenvalue weighted by atomic mass is 10.7. The Morgan fingerprint density at radius 3 is 3.00 bits per heavy atom. The predicted octanol–water partition coefficient (Wildman–Crippen LogP) is 0.254. The zero-order valence-electron chi connectivity index (χ0n) is 6.64. The van der Waals surface area contributed by atoms with Crippen LogP contribution in [0.5, 0.6) is 0 Å². The van der Waals surface area contributed by atoms with Crippen molar-refractivity contribution in [1.82, 2.24) is 5.32 Å². The van der Waals surface area contributed by atoms with Crippen LogP contribution in [0.2, 0.25) is 6.55 Å². The van der Waals surface area contributed by atoms with Gasteiger partial charge in [-0.1, -0.05) is 0 Å². The molecule has 0 spiro atoms. The van der Waals surface area contributed by atoms with Gasteiger partial charge in [0.1, 0.15) is 0 Å². The maximum atomic E-state index is 5.56. The van der Waals surface area contributed by atoms with Crippen molar-refractivity contribution >= 4 is 8.56 Å². The van der Waals surface area contributed by atoms with Crippen molar-refractivity contribution in [3.8, 4) is 0 Å². The molecule has 1 saturated heterocycles. The Balaban J connectivity index is 2.32. The van der Waals surface area contributed by atoms with E-state index in [-0.39, 0.29) is 0 Å². The van der Waals surface area contributed by atoms with Crippen LogP contribution in [0.25, 0.3) is 0 Å². The summed E-state index contributed by atoms with van der Waals surface area (Å²) >= 11 is 0. The minimum atomic E-state index is -1.75. The van der Waals surface area contributed by atoms with E-state index in [0.29, 0.717) is 0 Å². The van der Waals surface area contributed by atoms with Gasteiger partial charge in [-0.15, -0.1) is 0 Å². The first-order chi connectivity index (χ1) is 4.77. The largest absolute Gasteiger partial charge is 0.394 e. The Morgan fingerprint density at radius 2 is 2.50 bits per heavy atom. The zero-order chi connectivity index (χ0) is 7.45. The zero-order valence-corrected chi connectivity index (χ0v) is 7.64. The van der Waals surface area contributed by atoms with Gasteiger partial charge in [0.25, 0.3) is 0 Å². The minimum absolute atomic E-state index is 0.768. The van der Waals surface area contributed by atoms with Crippen molar-refractivity contribution in [1.29, 1.82) is 0 Å². The minimum Gasteiger partial charge on any atom is -0.394 e. The molecule has 0 aromatic rings. The van der Waals surface area contributed by atoms with Crippen LogP contribution in [0.3, 0.4) is 0 Å². The van der Waals surface area contributed by atoms with E-state index in [1.54, 1.807) is 0 Å². The van der Waals surface area contributed by atoms with E-state index in [0.717, 1.165) is 25.9 Å². The second-order valence-corrected chi connectivity index (χ2v) is 5.79. The Morgan fingerprint density at radius 1 is 1.70 bits per heavy atom. The molecule has 0 saturated carbocycles. The monoisotopic (exact) mass is 161 g/mol. The van der Waals surface area contributed by atoms with Crippen LogP contribution < -0.4 is 5.32 Å². The summed E-state index contributed by atoms with van der Waals surface area (Å²) in [6.07, 6.45) is 0.931. The SMILES string of the molecule is CCO[Si]1(C)CNCCO1. The van der Waals surface area contributed by atoms with Gasteiger partial charge in [0.15, 0.2) is 0 Å². The summed E-state index contributed by atoms with van der Waals surface area (Å²) in [5, 5.41) is 3.27. The van der Waals surface area contributed by atoms with E-state index in [2.05, 4.69) is 11.9 Å². The molecular weight excluding hydrogens is 146 g/mol. The maximum Gasteiger partial charge on any atom is 0.349 e. The van der Waals surface area contributed by atoms with Gasteiger partial charge in [-0.05, 0) is 13.5 Å². The summed E-state index contributed by atoms with van der Waals surface area (Å²) in [4.78, 5) is 0. The van der Waals surface area contributed by atoms with Crippen LogP contribution in [0.15, 0.2) is 0 Å². The number of hydrogen-bond donors (Lipinski definition) is 1. The van der Waals surface area contributed by atoms with Gasteiger partial charge >= 0.3 is 8.56 Å². The first kappa shape index (κ1) is 8.20. The lowest BCUT2D eigenvalue weighted by Gasteiger charge is -2.30. The van der Waals surface area contributed by atoms with Gasteiger partial charge in [-0.2, -0.15) is 0 Å². The van der Waals surface area contributed by atoms with Gasteiger partial charge in [0, 0.05) is 25.9 Å². The normalized spacial score (nSPS) is 34.2. The molecule has 0 aromatic heterocycles. The summed E-state index contributed by atoms with van der Waals surface area (Å²) in [5.74, 6) is 0. The number of nitrogens with one attached hydrogen (secondary N) is 1. The van der Waals surface area contributed by atoms with Crippen LogP contribution in [0.1, 0.15) is 6.92 Å². The van der Waals surface area contributed by atoms with E-state index < -0.39 is 8.56 Å². The molecule has 3 nitrogen and oxygen atoms in total. The molecule has 1 aliphatic rings. The molecule has 1 heterocycles. The van der Waals surface area contributed by atoms with Gasteiger partial charge in [0.2, 0.25) is 0 Å². The fourth-order valence-electron chi connectivity index (χ4n) is 1.10. The quantitative estimate of drug-likeness (QED) is 0.589. The van der Waals surface area contributed by atoms with Crippen LogP contribution in [0, 0.1) is 0 Å². The van der Waals surface area contributed by atoms with E-state index in [4.69, 9.17) is 8.85 Å². The third kappa shape index (κ3) is 2.05. The Hall–Kier alpha value is 0.0969. The van der Waals surface area contributed by atoms with E-state index in [9.17, 15) is 0 Å². The molecule has 1 fully saturated rings. The first-order valence-electron chi connectivity index (χ1n) is 3.75. The second kappa shape index (κ2) is 3.48. The number of hydrogen-bond acceptors (Lipinski definition) is 3. The smallest absolute Gasteiger partial charge is 0.349 e. The molecule has 1 N–H and O–H groups in total. The molecule has 1 rings (SSSR count). The van der Waals surface area contributed by atoms with Gasteiger partial charge in [0.05, 0.1) is 0 Å². The van der Waals surface area contributed by atoms with E-state index in [1.807, 2.05) is 6.92 Å². The van der Waals surface area contributed by atoms with Crippen molar-refractivity contribution in [2.75, 3.05) is 25.9 Å². The van der Waals surface area contributed by atoms with Crippen LogP contribution in [0.4, 0.5) is 0 Å². The summed E-state index contributed by atoms with van der Waals surface area (Å²) in [5.41, 5.74) is 0. The van der Waals surface area contributed by atoms with Crippen molar-refractivity contribution in [3.63, 3.8) is 0 Å².